The lowest BCUT2D eigenvalue weighted by Gasteiger charge is -2.02. The van der Waals surface area contributed by atoms with Crippen molar-refractivity contribution >= 4 is 5.97 Å². The Labute approximate surface area is 92.5 Å². The molecule has 0 aliphatic rings. The molecule has 0 saturated heterocycles. The summed E-state index contributed by atoms with van der Waals surface area (Å²) in [4.78, 5) is 14.1. The molecule has 0 aliphatic carbocycles. The summed E-state index contributed by atoms with van der Waals surface area (Å²) in [5.41, 5.74) is 1.54. The highest BCUT2D eigenvalue weighted by molar-refractivity contribution is 5.98. The van der Waals surface area contributed by atoms with Gasteiger partial charge in [-0.1, -0.05) is 30.3 Å². The van der Waals surface area contributed by atoms with E-state index in [0.29, 0.717) is 11.4 Å². The molecule has 2 rings (SSSR count). The van der Waals surface area contributed by atoms with E-state index in [1.165, 1.54) is 7.11 Å². The standard InChI is InChI=1S/C12H11NO3/c1-16-9-7-13-11(10(9)12(14)15)8-5-3-2-4-6-8/h2-7,13H,1H3,(H,14,15). The Morgan fingerprint density at radius 1 is 1.31 bits per heavy atom. The predicted octanol–water partition coefficient (Wildman–Crippen LogP) is 2.39. The Morgan fingerprint density at radius 3 is 2.56 bits per heavy atom. The highest BCUT2D eigenvalue weighted by atomic mass is 16.5. The highest BCUT2D eigenvalue weighted by Crippen LogP contribution is 2.29. The van der Waals surface area contributed by atoms with Gasteiger partial charge in [-0.15, -0.1) is 0 Å². The smallest absolute Gasteiger partial charge is 0.341 e. The number of H-pyrrole nitrogens is 1. The first kappa shape index (κ1) is 10.3. The van der Waals surface area contributed by atoms with Gasteiger partial charge in [-0.3, -0.25) is 0 Å². The van der Waals surface area contributed by atoms with Gasteiger partial charge in [-0.2, -0.15) is 0 Å². The molecule has 1 heterocycles. The van der Waals surface area contributed by atoms with Gasteiger partial charge in [0.25, 0.3) is 0 Å². The summed E-state index contributed by atoms with van der Waals surface area (Å²) in [5.74, 6) is -0.664. The summed E-state index contributed by atoms with van der Waals surface area (Å²) in [5, 5.41) is 9.13. The van der Waals surface area contributed by atoms with Gasteiger partial charge in [0.2, 0.25) is 0 Å². The summed E-state index contributed by atoms with van der Waals surface area (Å²) in [7, 11) is 1.45. The second kappa shape index (κ2) is 4.10. The maximum atomic E-state index is 11.1. The highest BCUT2D eigenvalue weighted by Gasteiger charge is 2.19. The summed E-state index contributed by atoms with van der Waals surface area (Å²) in [6.45, 7) is 0. The Kier molecular flexibility index (Phi) is 2.64. The first-order chi connectivity index (χ1) is 7.74. The minimum atomic E-state index is -1.00. The van der Waals surface area contributed by atoms with Crippen molar-refractivity contribution in [3.05, 3.63) is 42.1 Å². The SMILES string of the molecule is COc1c[nH]c(-c2ccccc2)c1C(=O)O. The van der Waals surface area contributed by atoms with Crippen molar-refractivity contribution in [1.82, 2.24) is 4.98 Å². The molecule has 4 heteroatoms. The van der Waals surface area contributed by atoms with E-state index in [0.717, 1.165) is 5.56 Å². The molecular formula is C12H11NO3. The van der Waals surface area contributed by atoms with Crippen LogP contribution in [0.25, 0.3) is 11.3 Å². The lowest BCUT2D eigenvalue weighted by molar-refractivity contribution is 0.0694. The van der Waals surface area contributed by atoms with Crippen LogP contribution in [0.15, 0.2) is 36.5 Å². The van der Waals surface area contributed by atoms with E-state index in [1.807, 2.05) is 30.3 Å². The predicted molar refractivity (Wildman–Crippen MR) is 59.7 cm³/mol. The zero-order chi connectivity index (χ0) is 11.5. The van der Waals surface area contributed by atoms with Crippen molar-refractivity contribution in [1.29, 1.82) is 0 Å². The van der Waals surface area contributed by atoms with Crippen LogP contribution in [-0.4, -0.2) is 23.2 Å². The third kappa shape index (κ3) is 1.65. The van der Waals surface area contributed by atoms with E-state index in [2.05, 4.69) is 4.98 Å². The minimum Gasteiger partial charge on any atom is -0.494 e. The zero-order valence-corrected chi connectivity index (χ0v) is 8.73. The van der Waals surface area contributed by atoms with Crippen LogP contribution >= 0.6 is 0 Å². The van der Waals surface area contributed by atoms with Gasteiger partial charge in [-0.25, -0.2) is 4.79 Å². The molecule has 0 saturated carbocycles. The lowest BCUT2D eigenvalue weighted by atomic mass is 10.1. The van der Waals surface area contributed by atoms with Crippen molar-refractivity contribution in [2.45, 2.75) is 0 Å². The fourth-order valence-corrected chi connectivity index (χ4v) is 1.61. The number of hydrogen-bond acceptors (Lipinski definition) is 2. The average Bonchev–Trinajstić information content (AvgIpc) is 2.73. The number of carboxylic acids is 1. The maximum absolute atomic E-state index is 11.1. The number of carboxylic acid groups (broad SMARTS) is 1. The van der Waals surface area contributed by atoms with Crippen LogP contribution in [0.2, 0.25) is 0 Å². The van der Waals surface area contributed by atoms with Crippen molar-refractivity contribution in [2.24, 2.45) is 0 Å². The van der Waals surface area contributed by atoms with Crippen molar-refractivity contribution < 1.29 is 14.6 Å². The van der Waals surface area contributed by atoms with E-state index < -0.39 is 5.97 Å². The van der Waals surface area contributed by atoms with Crippen molar-refractivity contribution in [3.8, 4) is 17.0 Å². The van der Waals surface area contributed by atoms with Crippen LogP contribution in [0.1, 0.15) is 10.4 Å². The number of ether oxygens (including phenoxy) is 1. The zero-order valence-electron chi connectivity index (χ0n) is 8.73. The summed E-state index contributed by atoms with van der Waals surface area (Å²) >= 11 is 0. The fourth-order valence-electron chi connectivity index (χ4n) is 1.61. The number of methoxy groups -OCH3 is 1. The van der Waals surface area contributed by atoms with E-state index >= 15 is 0 Å². The molecular weight excluding hydrogens is 206 g/mol. The molecule has 1 aromatic heterocycles. The second-order valence-corrected chi connectivity index (χ2v) is 3.28. The van der Waals surface area contributed by atoms with Gasteiger partial charge in [0, 0.05) is 6.20 Å². The van der Waals surface area contributed by atoms with Crippen LogP contribution in [0.5, 0.6) is 5.75 Å². The molecule has 0 atom stereocenters. The molecule has 16 heavy (non-hydrogen) atoms. The molecule has 0 unspecified atom stereocenters. The number of hydrogen-bond donors (Lipinski definition) is 2. The molecule has 0 bridgehead atoms. The number of carbonyl (C=O) groups is 1. The number of aromatic carboxylic acids is 1. The van der Waals surface area contributed by atoms with E-state index in [9.17, 15) is 4.79 Å². The van der Waals surface area contributed by atoms with Gasteiger partial charge in [0.1, 0.15) is 5.56 Å². The third-order valence-electron chi connectivity index (χ3n) is 2.34. The molecule has 0 fully saturated rings. The lowest BCUT2D eigenvalue weighted by Crippen LogP contribution is -1.99. The molecule has 0 spiro atoms. The molecule has 0 radical (unpaired) electrons. The number of aromatic amines is 1. The first-order valence-electron chi connectivity index (χ1n) is 4.78. The van der Waals surface area contributed by atoms with Crippen LogP contribution < -0.4 is 4.74 Å². The topological polar surface area (TPSA) is 62.3 Å². The second-order valence-electron chi connectivity index (χ2n) is 3.28. The van der Waals surface area contributed by atoms with Gasteiger partial charge in [-0.05, 0) is 5.56 Å². The summed E-state index contributed by atoms with van der Waals surface area (Å²) in [6, 6.07) is 9.28. The fraction of sp³-hybridized carbons (Fsp3) is 0.0833. The average molecular weight is 217 g/mol. The quantitative estimate of drug-likeness (QED) is 0.829. The van der Waals surface area contributed by atoms with Crippen molar-refractivity contribution in [3.63, 3.8) is 0 Å². The van der Waals surface area contributed by atoms with E-state index in [-0.39, 0.29) is 5.56 Å². The van der Waals surface area contributed by atoms with Crippen LogP contribution in [0, 0.1) is 0 Å². The van der Waals surface area contributed by atoms with Gasteiger partial charge < -0.3 is 14.8 Å². The summed E-state index contributed by atoms with van der Waals surface area (Å²) < 4.78 is 5.00. The van der Waals surface area contributed by atoms with Crippen LogP contribution in [-0.2, 0) is 0 Å². The van der Waals surface area contributed by atoms with E-state index in [4.69, 9.17) is 9.84 Å². The Hall–Kier alpha value is -2.23. The maximum Gasteiger partial charge on any atom is 0.341 e. The molecule has 4 nitrogen and oxygen atoms in total. The third-order valence-corrected chi connectivity index (χ3v) is 2.34. The minimum absolute atomic E-state index is 0.161. The Bertz CT molecular complexity index is 502. The molecule has 82 valence electrons. The molecule has 0 aliphatic heterocycles. The van der Waals surface area contributed by atoms with Gasteiger partial charge in [0.15, 0.2) is 5.75 Å². The number of aromatic nitrogens is 1. The van der Waals surface area contributed by atoms with E-state index in [1.54, 1.807) is 6.20 Å². The monoisotopic (exact) mass is 217 g/mol. The molecule has 2 aromatic rings. The van der Waals surface area contributed by atoms with Crippen molar-refractivity contribution in [2.75, 3.05) is 7.11 Å². The first-order valence-corrected chi connectivity index (χ1v) is 4.78. The number of rotatable bonds is 3. The molecule has 2 N–H and O–H groups in total. The Balaban J connectivity index is 2.58. The summed E-state index contributed by atoms with van der Waals surface area (Å²) in [6.07, 6.45) is 1.55. The number of benzene rings is 1. The van der Waals surface area contributed by atoms with Crippen LogP contribution in [0.3, 0.4) is 0 Å². The van der Waals surface area contributed by atoms with Gasteiger partial charge in [0.05, 0.1) is 12.8 Å². The normalized spacial score (nSPS) is 10.1. The largest absolute Gasteiger partial charge is 0.494 e. The molecule has 0 amide bonds. The van der Waals surface area contributed by atoms with Crippen LogP contribution in [0.4, 0.5) is 0 Å². The molecule has 1 aromatic carbocycles. The number of nitrogens with one attached hydrogen (secondary N) is 1. The Morgan fingerprint density at radius 2 is 2.00 bits per heavy atom. The van der Waals surface area contributed by atoms with Gasteiger partial charge >= 0.3 is 5.97 Å².